The molecule has 0 aliphatic rings. The van der Waals surface area contributed by atoms with E-state index >= 15 is 0 Å². The molecule has 1 amide bonds. The van der Waals surface area contributed by atoms with E-state index in [9.17, 15) is 13.6 Å². The number of carbonyl (C=O) groups excluding carboxylic acids is 1. The molecule has 3 aromatic rings. The van der Waals surface area contributed by atoms with Gasteiger partial charge < -0.3 is 10.6 Å². The Labute approximate surface area is 163 Å². The molecule has 0 saturated heterocycles. The summed E-state index contributed by atoms with van der Waals surface area (Å²) in [7, 11) is 0. The van der Waals surface area contributed by atoms with Gasteiger partial charge in [-0.05, 0) is 35.4 Å². The molecule has 2 aromatic carbocycles. The molecule has 9 heteroatoms. The standard InChI is InChI=1S/C18H16F2N4OS2/c19-14-5-1-12(2-6-14)9-21-16(25)11-26-18-24-23-17(27-18)22-10-13-3-7-15(20)8-4-13/h1-8H,9-11H2,(H,21,25)(H,22,23). The van der Waals surface area contributed by atoms with Gasteiger partial charge in [0, 0.05) is 13.1 Å². The second-order valence-corrected chi connectivity index (χ2v) is 7.75. The van der Waals surface area contributed by atoms with Crippen LogP contribution < -0.4 is 10.6 Å². The first-order valence-electron chi connectivity index (χ1n) is 8.04. The number of halogens is 2. The van der Waals surface area contributed by atoms with E-state index in [4.69, 9.17) is 0 Å². The van der Waals surface area contributed by atoms with E-state index in [1.807, 2.05) is 0 Å². The molecule has 3 rings (SSSR count). The van der Waals surface area contributed by atoms with Gasteiger partial charge in [0.05, 0.1) is 5.75 Å². The molecule has 0 aliphatic heterocycles. The Kier molecular flexibility index (Phi) is 6.72. The van der Waals surface area contributed by atoms with Crippen LogP contribution in [-0.4, -0.2) is 21.9 Å². The van der Waals surface area contributed by atoms with Gasteiger partial charge in [-0.2, -0.15) is 0 Å². The van der Waals surface area contributed by atoms with Crippen molar-refractivity contribution in [2.45, 2.75) is 17.4 Å². The highest BCUT2D eigenvalue weighted by Crippen LogP contribution is 2.25. The number of hydrogen-bond donors (Lipinski definition) is 2. The van der Waals surface area contributed by atoms with Crippen molar-refractivity contribution in [1.82, 2.24) is 15.5 Å². The highest BCUT2D eigenvalue weighted by molar-refractivity contribution is 8.01. The summed E-state index contributed by atoms with van der Waals surface area (Å²) in [5.74, 6) is -0.500. The summed E-state index contributed by atoms with van der Waals surface area (Å²) >= 11 is 2.64. The lowest BCUT2D eigenvalue weighted by atomic mass is 10.2. The second-order valence-electron chi connectivity index (χ2n) is 5.55. The third-order valence-electron chi connectivity index (χ3n) is 3.49. The van der Waals surface area contributed by atoms with Gasteiger partial charge >= 0.3 is 0 Å². The largest absolute Gasteiger partial charge is 0.356 e. The number of anilines is 1. The van der Waals surface area contributed by atoms with Crippen molar-refractivity contribution in [3.63, 3.8) is 0 Å². The third-order valence-corrected chi connectivity index (χ3v) is 5.51. The molecule has 0 unspecified atom stereocenters. The van der Waals surface area contributed by atoms with E-state index in [0.29, 0.717) is 22.6 Å². The van der Waals surface area contributed by atoms with Crippen LogP contribution in [-0.2, 0) is 17.9 Å². The van der Waals surface area contributed by atoms with Crippen LogP contribution in [0.2, 0.25) is 0 Å². The Morgan fingerprint density at radius 3 is 2.15 bits per heavy atom. The first kappa shape index (κ1) is 19.2. The lowest BCUT2D eigenvalue weighted by molar-refractivity contribution is -0.118. The molecule has 140 valence electrons. The van der Waals surface area contributed by atoms with Crippen LogP contribution in [0.5, 0.6) is 0 Å². The molecule has 5 nitrogen and oxygen atoms in total. The summed E-state index contributed by atoms with van der Waals surface area (Å²) in [6, 6.07) is 12.2. The van der Waals surface area contributed by atoms with Gasteiger partial charge in [0.25, 0.3) is 0 Å². The minimum atomic E-state index is -0.305. The van der Waals surface area contributed by atoms with Crippen LogP contribution in [0.15, 0.2) is 52.9 Å². The number of hydrogen-bond acceptors (Lipinski definition) is 6. The van der Waals surface area contributed by atoms with Crippen molar-refractivity contribution in [2.75, 3.05) is 11.1 Å². The maximum absolute atomic E-state index is 12.9. The molecule has 0 saturated carbocycles. The molecule has 0 aliphatic carbocycles. The first-order valence-corrected chi connectivity index (χ1v) is 9.84. The van der Waals surface area contributed by atoms with E-state index < -0.39 is 0 Å². The van der Waals surface area contributed by atoms with Crippen molar-refractivity contribution in [3.8, 4) is 0 Å². The topological polar surface area (TPSA) is 66.9 Å². The number of rotatable bonds is 8. The number of aromatic nitrogens is 2. The maximum atomic E-state index is 12.9. The number of amides is 1. The zero-order valence-electron chi connectivity index (χ0n) is 14.1. The number of thioether (sulfide) groups is 1. The Morgan fingerprint density at radius 1 is 0.926 bits per heavy atom. The van der Waals surface area contributed by atoms with Gasteiger partial charge in [-0.15, -0.1) is 10.2 Å². The van der Waals surface area contributed by atoms with Gasteiger partial charge in [0.2, 0.25) is 11.0 Å². The molecular formula is C18H16F2N4OS2. The summed E-state index contributed by atoms with van der Waals surface area (Å²) in [6.45, 7) is 0.859. The van der Waals surface area contributed by atoms with Crippen LogP contribution in [0.25, 0.3) is 0 Å². The van der Waals surface area contributed by atoms with Crippen molar-refractivity contribution < 1.29 is 13.6 Å². The van der Waals surface area contributed by atoms with E-state index in [1.165, 1.54) is 47.4 Å². The minimum Gasteiger partial charge on any atom is -0.356 e. The average Bonchev–Trinajstić information content (AvgIpc) is 3.13. The van der Waals surface area contributed by atoms with Crippen LogP contribution in [0, 0.1) is 11.6 Å². The maximum Gasteiger partial charge on any atom is 0.230 e. The first-order chi connectivity index (χ1) is 13.1. The lowest BCUT2D eigenvalue weighted by Crippen LogP contribution is -2.24. The summed E-state index contributed by atoms with van der Waals surface area (Å²) in [6.07, 6.45) is 0. The summed E-state index contributed by atoms with van der Waals surface area (Å²) < 4.78 is 26.4. The van der Waals surface area contributed by atoms with Crippen molar-refractivity contribution in [3.05, 3.63) is 71.3 Å². The van der Waals surface area contributed by atoms with Crippen LogP contribution >= 0.6 is 23.1 Å². The van der Waals surface area contributed by atoms with Crippen molar-refractivity contribution in [1.29, 1.82) is 0 Å². The summed E-state index contributed by atoms with van der Waals surface area (Å²) in [5, 5.41) is 14.6. The van der Waals surface area contributed by atoms with E-state index in [0.717, 1.165) is 11.1 Å². The van der Waals surface area contributed by atoms with Crippen LogP contribution in [0.3, 0.4) is 0 Å². The highest BCUT2D eigenvalue weighted by Gasteiger charge is 2.08. The smallest absolute Gasteiger partial charge is 0.230 e. The normalized spacial score (nSPS) is 10.6. The Hall–Kier alpha value is -2.52. The number of nitrogens with one attached hydrogen (secondary N) is 2. The molecule has 0 atom stereocenters. The van der Waals surface area contributed by atoms with E-state index in [-0.39, 0.29) is 23.3 Å². The lowest BCUT2D eigenvalue weighted by Gasteiger charge is -2.04. The Morgan fingerprint density at radius 2 is 1.52 bits per heavy atom. The van der Waals surface area contributed by atoms with Gasteiger partial charge in [0.1, 0.15) is 11.6 Å². The highest BCUT2D eigenvalue weighted by atomic mass is 32.2. The summed E-state index contributed by atoms with van der Waals surface area (Å²) in [5.41, 5.74) is 1.76. The minimum absolute atomic E-state index is 0.139. The van der Waals surface area contributed by atoms with Gasteiger partial charge in [-0.25, -0.2) is 8.78 Å². The molecule has 1 heterocycles. The van der Waals surface area contributed by atoms with Crippen LogP contribution in [0.4, 0.5) is 13.9 Å². The van der Waals surface area contributed by atoms with Crippen molar-refractivity contribution in [2.24, 2.45) is 0 Å². The SMILES string of the molecule is O=C(CSc1nnc(NCc2ccc(F)cc2)s1)NCc1ccc(F)cc1. The number of nitrogens with zero attached hydrogens (tertiary/aromatic N) is 2. The zero-order valence-corrected chi connectivity index (χ0v) is 15.7. The predicted octanol–water partition coefficient (Wildman–Crippen LogP) is 3.84. The molecule has 27 heavy (non-hydrogen) atoms. The van der Waals surface area contributed by atoms with Gasteiger partial charge in [-0.3, -0.25) is 4.79 Å². The fraction of sp³-hybridized carbons (Fsp3) is 0.167. The number of benzene rings is 2. The van der Waals surface area contributed by atoms with Gasteiger partial charge in [-0.1, -0.05) is 47.4 Å². The molecule has 2 N–H and O–H groups in total. The van der Waals surface area contributed by atoms with Gasteiger partial charge in [0.15, 0.2) is 4.34 Å². The monoisotopic (exact) mass is 406 g/mol. The van der Waals surface area contributed by atoms with E-state index in [1.54, 1.807) is 24.3 Å². The van der Waals surface area contributed by atoms with Crippen LogP contribution in [0.1, 0.15) is 11.1 Å². The fourth-order valence-electron chi connectivity index (χ4n) is 2.10. The Balaban J connectivity index is 1.40. The predicted molar refractivity (Wildman–Crippen MR) is 103 cm³/mol. The molecule has 0 spiro atoms. The molecule has 0 fully saturated rings. The molecule has 0 radical (unpaired) electrons. The number of carbonyl (C=O) groups is 1. The summed E-state index contributed by atoms with van der Waals surface area (Å²) in [4.78, 5) is 11.9. The van der Waals surface area contributed by atoms with Crippen molar-refractivity contribution >= 4 is 34.1 Å². The fourth-order valence-corrected chi connectivity index (χ4v) is 3.68. The second kappa shape index (κ2) is 9.43. The third kappa shape index (κ3) is 6.30. The average molecular weight is 406 g/mol. The molecular weight excluding hydrogens is 390 g/mol. The quantitative estimate of drug-likeness (QED) is 0.557. The molecule has 1 aromatic heterocycles. The molecule has 0 bridgehead atoms. The van der Waals surface area contributed by atoms with E-state index in [2.05, 4.69) is 20.8 Å². The Bertz CT molecular complexity index is 885. The zero-order chi connectivity index (χ0) is 19.1.